The number of aryl methyl sites for hydroxylation is 1. The fraction of sp³-hybridized carbons (Fsp3) is 0.455. The first-order chi connectivity index (χ1) is 6.99. The summed E-state index contributed by atoms with van der Waals surface area (Å²) < 4.78 is 0.570. The lowest BCUT2D eigenvalue weighted by Crippen LogP contribution is -2.06. The van der Waals surface area contributed by atoms with Gasteiger partial charge in [0.2, 0.25) is 0 Å². The Balaban J connectivity index is 3.23. The van der Waals surface area contributed by atoms with Gasteiger partial charge in [0.05, 0.1) is 4.47 Å². The van der Waals surface area contributed by atoms with Gasteiger partial charge in [0.15, 0.2) is 11.5 Å². The van der Waals surface area contributed by atoms with E-state index < -0.39 is 0 Å². The molecule has 4 N–H and O–H groups in total. The van der Waals surface area contributed by atoms with E-state index in [0.717, 1.165) is 17.5 Å². The third kappa shape index (κ3) is 2.44. The van der Waals surface area contributed by atoms with Crippen molar-refractivity contribution in [2.24, 2.45) is 5.73 Å². The Labute approximate surface area is 98.1 Å². The van der Waals surface area contributed by atoms with Crippen molar-refractivity contribution < 1.29 is 10.2 Å². The predicted molar refractivity (Wildman–Crippen MR) is 64.3 cm³/mol. The molecule has 0 saturated carbocycles. The molecule has 3 nitrogen and oxygen atoms in total. The Morgan fingerprint density at radius 2 is 2.07 bits per heavy atom. The molecule has 1 rings (SSSR count). The molecule has 0 heterocycles. The zero-order chi connectivity index (χ0) is 11.6. The minimum atomic E-state index is -0.0977. The molecule has 1 unspecified atom stereocenters. The van der Waals surface area contributed by atoms with Crippen LogP contribution in [0.5, 0.6) is 11.5 Å². The average Bonchev–Trinajstić information content (AvgIpc) is 2.15. The van der Waals surface area contributed by atoms with Crippen LogP contribution in [0.3, 0.4) is 0 Å². The summed E-state index contributed by atoms with van der Waals surface area (Å²) in [5, 5.41) is 19.0. The fourth-order valence-corrected chi connectivity index (χ4v) is 2.67. The molecule has 1 atom stereocenters. The Morgan fingerprint density at radius 3 is 2.60 bits per heavy atom. The SMILES string of the molecule is Cc1cc(O)c(O)c(Br)c1C(C)CCN. The maximum Gasteiger partial charge on any atom is 0.172 e. The van der Waals surface area contributed by atoms with Gasteiger partial charge >= 0.3 is 0 Å². The smallest absolute Gasteiger partial charge is 0.172 e. The lowest BCUT2D eigenvalue weighted by Gasteiger charge is -2.17. The van der Waals surface area contributed by atoms with Crippen LogP contribution in [0.1, 0.15) is 30.4 Å². The predicted octanol–water partition coefficient (Wildman–Crippen LogP) is 2.62. The van der Waals surface area contributed by atoms with Gasteiger partial charge in [-0.15, -0.1) is 0 Å². The fourth-order valence-electron chi connectivity index (χ4n) is 1.76. The van der Waals surface area contributed by atoms with E-state index in [2.05, 4.69) is 22.9 Å². The molecule has 0 saturated heterocycles. The zero-order valence-electron chi connectivity index (χ0n) is 8.92. The number of benzene rings is 1. The summed E-state index contributed by atoms with van der Waals surface area (Å²) in [6.45, 7) is 4.57. The summed E-state index contributed by atoms with van der Waals surface area (Å²) >= 11 is 3.30. The average molecular weight is 274 g/mol. The maximum atomic E-state index is 9.60. The highest BCUT2D eigenvalue weighted by molar-refractivity contribution is 9.10. The second-order valence-electron chi connectivity index (χ2n) is 3.77. The van der Waals surface area contributed by atoms with E-state index in [4.69, 9.17) is 5.73 Å². The molecule has 1 aromatic carbocycles. The molecular weight excluding hydrogens is 258 g/mol. The highest BCUT2D eigenvalue weighted by Gasteiger charge is 2.17. The van der Waals surface area contributed by atoms with Gasteiger partial charge in [-0.2, -0.15) is 0 Å². The van der Waals surface area contributed by atoms with Crippen molar-refractivity contribution in [3.05, 3.63) is 21.7 Å². The summed E-state index contributed by atoms with van der Waals surface area (Å²) in [5.41, 5.74) is 7.47. The van der Waals surface area contributed by atoms with Crippen molar-refractivity contribution in [2.75, 3.05) is 6.54 Å². The molecule has 0 amide bonds. The number of rotatable bonds is 3. The van der Waals surface area contributed by atoms with E-state index in [0.29, 0.717) is 11.0 Å². The number of phenolic OH excluding ortho intramolecular Hbond substituents is 2. The van der Waals surface area contributed by atoms with Gasteiger partial charge in [0, 0.05) is 0 Å². The monoisotopic (exact) mass is 273 g/mol. The van der Waals surface area contributed by atoms with E-state index >= 15 is 0 Å². The van der Waals surface area contributed by atoms with Crippen LogP contribution in [-0.4, -0.2) is 16.8 Å². The number of hydrogen-bond acceptors (Lipinski definition) is 3. The van der Waals surface area contributed by atoms with E-state index in [9.17, 15) is 10.2 Å². The summed E-state index contributed by atoms with van der Waals surface area (Å²) in [6, 6.07) is 1.57. The number of hydrogen-bond donors (Lipinski definition) is 3. The summed E-state index contributed by atoms with van der Waals surface area (Å²) in [5.74, 6) is 0.0680. The molecule has 1 aromatic rings. The van der Waals surface area contributed by atoms with Gasteiger partial charge in [0.1, 0.15) is 0 Å². The second-order valence-corrected chi connectivity index (χ2v) is 4.56. The van der Waals surface area contributed by atoms with Crippen LogP contribution < -0.4 is 5.73 Å². The van der Waals surface area contributed by atoms with Crippen molar-refractivity contribution >= 4 is 15.9 Å². The van der Waals surface area contributed by atoms with Crippen LogP contribution in [0.4, 0.5) is 0 Å². The minimum absolute atomic E-state index is 0.0944. The van der Waals surface area contributed by atoms with Crippen LogP contribution in [0.15, 0.2) is 10.5 Å². The molecule has 0 bridgehead atoms. The van der Waals surface area contributed by atoms with Gasteiger partial charge < -0.3 is 15.9 Å². The first-order valence-corrected chi connectivity index (χ1v) is 5.69. The lowest BCUT2D eigenvalue weighted by molar-refractivity contribution is 0.399. The Bertz CT molecular complexity index is 366. The van der Waals surface area contributed by atoms with Crippen LogP contribution in [0, 0.1) is 6.92 Å². The van der Waals surface area contributed by atoms with Crippen molar-refractivity contribution in [3.8, 4) is 11.5 Å². The molecule has 0 spiro atoms. The normalized spacial score (nSPS) is 12.8. The second kappa shape index (κ2) is 4.86. The molecule has 4 heteroatoms. The van der Waals surface area contributed by atoms with Gasteiger partial charge in [0.25, 0.3) is 0 Å². The molecule has 15 heavy (non-hydrogen) atoms. The number of halogens is 1. The van der Waals surface area contributed by atoms with Gasteiger partial charge in [-0.3, -0.25) is 0 Å². The Morgan fingerprint density at radius 1 is 1.47 bits per heavy atom. The van der Waals surface area contributed by atoms with Crippen molar-refractivity contribution in [2.45, 2.75) is 26.2 Å². The molecular formula is C11H16BrNO2. The largest absolute Gasteiger partial charge is 0.504 e. The number of aromatic hydroxyl groups is 2. The molecule has 0 aliphatic heterocycles. The first kappa shape index (κ1) is 12.3. The van der Waals surface area contributed by atoms with Crippen molar-refractivity contribution in [1.29, 1.82) is 0 Å². The molecule has 0 fully saturated rings. The lowest BCUT2D eigenvalue weighted by atomic mass is 9.93. The zero-order valence-corrected chi connectivity index (χ0v) is 10.5. The number of phenols is 2. The summed E-state index contributed by atoms with van der Waals surface area (Å²) in [4.78, 5) is 0. The van der Waals surface area contributed by atoms with Crippen molar-refractivity contribution in [3.63, 3.8) is 0 Å². The Hall–Kier alpha value is -0.740. The first-order valence-electron chi connectivity index (χ1n) is 4.90. The van der Waals surface area contributed by atoms with Gasteiger partial charge in [-0.05, 0) is 58.9 Å². The third-order valence-corrected chi connectivity index (χ3v) is 3.36. The van der Waals surface area contributed by atoms with Crippen LogP contribution in [-0.2, 0) is 0 Å². The maximum absolute atomic E-state index is 9.60. The number of nitrogens with two attached hydrogens (primary N) is 1. The summed E-state index contributed by atoms with van der Waals surface area (Å²) in [6.07, 6.45) is 0.851. The van der Waals surface area contributed by atoms with E-state index in [1.54, 1.807) is 6.07 Å². The molecule has 0 aliphatic carbocycles. The topological polar surface area (TPSA) is 66.5 Å². The Kier molecular flexibility index (Phi) is 3.99. The quantitative estimate of drug-likeness (QED) is 0.742. The minimum Gasteiger partial charge on any atom is -0.504 e. The standard InChI is InChI=1S/C11H16BrNO2/c1-6(3-4-13)9-7(2)5-8(14)11(15)10(9)12/h5-6,14-15H,3-4,13H2,1-2H3. The highest BCUT2D eigenvalue weighted by Crippen LogP contribution is 2.41. The molecule has 0 aromatic heterocycles. The van der Waals surface area contributed by atoms with E-state index in [-0.39, 0.29) is 17.4 Å². The molecule has 0 radical (unpaired) electrons. The third-order valence-electron chi connectivity index (χ3n) is 2.56. The van der Waals surface area contributed by atoms with Gasteiger partial charge in [-0.25, -0.2) is 0 Å². The van der Waals surface area contributed by atoms with Crippen LogP contribution in [0.2, 0.25) is 0 Å². The highest BCUT2D eigenvalue weighted by atomic mass is 79.9. The van der Waals surface area contributed by atoms with Crippen LogP contribution in [0.25, 0.3) is 0 Å². The van der Waals surface area contributed by atoms with Crippen LogP contribution >= 0.6 is 15.9 Å². The van der Waals surface area contributed by atoms with E-state index in [1.807, 2.05) is 6.92 Å². The molecule has 0 aliphatic rings. The van der Waals surface area contributed by atoms with Gasteiger partial charge in [-0.1, -0.05) is 6.92 Å². The molecule has 84 valence electrons. The van der Waals surface area contributed by atoms with E-state index in [1.165, 1.54) is 0 Å². The van der Waals surface area contributed by atoms with Crippen molar-refractivity contribution in [1.82, 2.24) is 0 Å². The summed E-state index contributed by atoms with van der Waals surface area (Å²) in [7, 11) is 0.